The van der Waals surface area contributed by atoms with Crippen molar-refractivity contribution in [2.24, 2.45) is 0 Å². The number of anilines is 1. The molecular formula is C19H16N4O5S. The summed E-state index contributed by atoms with van der Waals surface area (Å²) in [5.74, 6) is -0.588. The van der Waals surface area contributed by atoms with E-state index in [0.29, 0.717) is 22.5 Å². The number of carbonyl (C=O) groups is 1. The molecule has 1 aliphatic rings. The molecule has 0 unspecified atom stereocenters. The summed E-state index contributed by atoms with van der Waals surface area (Å²) in [6.07, 6.45) is 0. The van der Waals surface area contributed by atoms with E-state index in [0.717, 1.165) is 5.56 Å². The highest BCUT2D eigenvalue weighted by atomic mass is 32.2. The Bertz CT molecular complexity index is 1230. The monoisotopic (exact) mass is 412 g/mol. The van der Waals surface area contributed by atoms with Gasteiger partial charge in [0, 0.05) is 23.3 Å². The highest BCUT2D eigenvalue weighted by molar-refractivity contribution is 7.90. The van der Waals surface area contributed by atoms with Gasteiger partial charge in [-0.25, -0.2) is 13.1 Å². The molecule has 0 saturated carbocycles. The summed E-state index contributed by atoms with van der Waals surface area (Å²) < 4.78 is 25.5. The lowest BCUT2D eigenvalue weighted by Crippen LogP contribution is -2.17. The molecule has 0 saturated heterocycles. The van der Waals surface area contributed by atoms with Crippen molar-refractivity contribution in [2.75, 3.05) is 5.32 Å². The molecule has 2 heterocycles. The van der Waals surface area contributed by atoms with Crippen molar-refractivity contribution in [3.05, 3.63) is 81.0 Å². The van der Waals surface area contributed by atoms with Crippen molar-refractivity contribution in [1.82, 2.24) is 9.78 Å². The number of non-ortho nitro benzene ring substituents is 1. The molecular weight excluding hydrogens is 396 g/mol. The predicted octanol–water partition coefficient (Wildman–Crippen LogP) is 2.77. The number of nitrogens with one attached hydrogen (secondary N) is 1. The van der Waals surface area contributed by atoms with Gasteiger partial charge in [0.1, 0.15) is 5.82 Å². The van der Waals surface area contributed by atoms with Crippen LogP contribution < -0.4 is 5.32 Å². The van der Waals surface area contributed by atoms with Crippen molar-refractivity contribution < 1.29 is 18.1 Å². The van der Waals surface area contributed by atoms with Gasteiger partial charge in [-0.2, -0.15) is 5.10 Å². The number of aryl methyl sites for hydroxylation is 1. The maximum atomic E-state index is 12.7. The SMILES string of the molecule is Cc1ccc(C(=O)Nc2c3c(nn2-c2ccc([N+](=O)[O-])cc2)CS(=O)(=O)C3)cc1. The van der Waals surface area contributed by atoms with Crippen molar-refractivity contribution in [3.63, 3.8) is 0 Å². The van der Waals surface area contributed by atoms with Gasteiger partial charge in [0.2, 0.25) is 0 Å². The lowest BCUT2D eigenvalue weighted by Gasteiger charge is -2.11. The predicted molar refractivity (Wildman–Crippen MR) is 106 cm³/mol. The Balaban J connectivity index is 1.75. The minimum atomic E-state index is -3.32. The van der Waals surface area contributed by atoms with Crippen LogP contribution in [0.1, 0.15) is 27.2 Å². The van der Waals surface area contributed by atoms with Crippen LogP contribution in [-0.4, -0.2) is 29.0 Å². The van der Waals surface area contributed by atoms with E-state index in [2.05, 4.69) is 10.4 Å². The fourth-order valence-electron chi connectivity index (χ4n) is 3.16. The number of nitro benzene ring substituents is 1. The van der Waals surface area contributed by atoms with Gasteiger partial charge < -0.3 is 5.32 Å². The fraction of sp³-hybridized carbons (Fsp3) is 0.158. The second-order valence-corrected chi connectivity index (χ2v) is 8.88. The first-order chi connectivity index (χ1) is 13.7. The molecule has 1 aromatic heterocycles. The van der Waals surface area contributed by atoms with E-state index in [1.165, 1.54) is 28.9 Å². The maximum Gasteiger partial charge on any atom is 0.269 e. The van der Waals surface area contributed by atoms with Gasteiger partial charge >= 0.3 is 0 Å². The summed E-state index contributed by atoms with van der Waals surface area (Å²) in [6.45, 7) is 1.91. The molecule has 0 aliphatic carbocycles. The van der Waals surface area contributed by atoms with Crippen LogP contribution in [0.3, 0.4) is 0 Å². The second kappa shape index (κ2) is 6.82. The Kier molecular flexibility index (Phi) is 4.42. The lowest BCUT2D eigenvalue weighted by atomic mass is 10.1. The summed E-state index contributed by atoms with van der Waals surface area (Å²) in [6, 6.07) is 12.6. The van der Waals surface area contributed by atoms with E-state index in [9.17, 15) is 23.3 Å². The van der Waals surface area contributed by atoms with E-state index in [4.69, 9.17) is 0 Å². The molecule has 148 valence electrons. The number of hydrogen-bond acceptors (Lipinski definition) is 6. The molecule has 1 amide bonds. The standard InChI is InChI=1S/C19H16N4O5S/c1-12-2-4-13(5-3-12)19(24)20-18-16-10-29(27,28)11-17(16)21-22(18)14-6-8-15(9-7-14)23(25)26/h2-9H,10-11H2,1H3,(H,20,24). The molecule has 0 radical (unpaired) electrons. The minimum Gasteiger partial charge on any atom is -0.306 e. The van der Waals surface area contributed by atoms with Crippen molar-refractivity contribution in [3.8, 4) is 5.69 Å². The summed E-state index contributed by atoms with van der Waals surface area (Å²) in [5, 5.41) is 18.0. The van der Waals surface area contributed by atoms with Gasteiger partial charge in [0.25, 0.3) is 11.6 Å². The Morgan fingerprint density at radius 2 is 1.76 bits per heavy atom. The molecule has 2 aromatic carbocycles. The average Bonchev–Trinajstić information content (AvgIpc) is 3.15. The van der Waals surface area contributed by atoms with Gasteiger partial charge in [-0.3, -0.25) is 14.9 Å². The number of rotatable bonds is 4. The topological polar surface area (TPSA) is 124 Å². The van der Waals surface area contributed by atoms with E-state index < -0.39 is 20.7 Å². The van der Waals surface area contributed by atoms with Crippen molar-refractivity contribution >= 4 is 27.2 Å². The molecule has 1 aliphatic heterocycles. The molecule has 0 spiro atoms. The molecule has 0 bridgehead atoms. The number of benzene rings is 2. The number of carbonyl (C=O) groups excluding carboxylic acids is 1. The number of sulfone groups is 1. The molecule has 29 heavy (non-hydrogen) atoms. The zero-order valence-corrected chi connectivity index (χ0v) is 16.1. The fourth-order valence-corrected chi connectivity index (χ4v) is 4.65. The first kappa shape index (κ1) is 18.8. The molecule has 9 nitrogen and oxygen atoms in total. The highest BCUT2D eigenvalue weighted by Crippen LogP contribution is 2.33. The smallest absolute Gasteiger partial charge is 0.269 e. The summed E-state index contributed by atoms with van der Waals surface area (Å²) in [4.78, 5) is 23.1. The van der Waals surface area contributed by atoms with Crippen LogP contribution in [-0.2, 0) is 21.3 Å². The summed E-state index contributed by atoms with van der Waals surface area (Å²) in [5.41, 5.74) is 2.61. The Hall–Kier alpha value is -3.53. The number of nitro groups is 1. The zero-order chi connectivity index (χ0) is 20.8. The maximum absolute atomic E-state index is 12.7. The molecule has 3 aromatic rings. The van der Waals surface area contributed by atoms with E-state index in [1.807, 2.05) is 6.92 Å². The van der Waals surface area contributed by atoms with Crippen LogP contribution in [0.15, 0.2) is 48.5 Å². The van der Waals surface area contributed by atoms with Gasteiger partial charge in [-0.1, -0.05) is 17.7 Å². The second-order valence-electron chi connectivity index (χ2n) is 6.81. The zero-order valence-electron chi connectivity index (χ0n) is 15.3. The Labute approximate surface area is 166 Å². The first-order valence-corrected chi connectivity index (χ1v) is 10.5. The Morgan fingerprint density at radius 3 is 2.38 bits per heavy atom. The highest BCUT2D eigenvalue weighted by Gasteiger charge is 2.33. The number of nitrogens with zero attached hydrogens (tertiary/aromatic N) is 3. The molecule has 1 N–H and O–H groups in total. The number of fused-ring (bicyclic) bond motifs is 1. The molecule has 10 heteroatoms. The normalized spacial score (nSPS) is 14.4. The summed E-state index contributed by atoms with van der Waals surface area (Å²) >= 11 is 0. The average molecular weight is 412 g/mol. The van der Waals surface area contributed by atoms with Crippen LogP contribution in [0.4, 0.5) is 11.5 Å². The quantitative estimate of drug-likeness (QED) is 0.519. The van der Waals surface area contributed by atoms with Gasteiger partial charge in [0.15, 0.2) is 9.84 Å². The van der Waals surface area contributed by atoms with Crippen LogP contribution in [0, 0.1) is 17.0 Å². The van der Waals surface area contributed by atoms with Gasteiger partial charge in [-0.05, 0) is 31.2 Å². The third-order valence-electron chi connectivity index (χ3n) is 4.64. The van der Waals surface area contributed by atoms with Crippen LogP contribution in [0.2, 0.25) is 0 Å². The first-order valence-electron chi connectivity index (χ1n) is 8.67. The minimum absolute atomic E-state index is 0.0822. The van der Waals surface area contributed by atoms with Crippen LogP contribution in [0.5, 0.6) is 0 Å². The summed E-state index contributed by atoms with van der Waals surface area (Å²) in [7, 11) is -3.32. The van der Waals surface area contributed by atoms with Crippen LogP contribution >= 0.6 is 0 Å². The van der Waals surface area contributed by atoms with Gasteiger partial charge in [0.05, 0.1) is 27.8 Å². The van der Waals surface area contributed by atoms with Gasteiger partial charge in [-0.15, -0.1) is 0 Å². The molecule has 4 rings (SSSR count). The Morgan fingerprint density at radius 1 is 1.10 bits per heavy atom. The van der Waals surface area contributed by atoms with Crippen molar-refractivity contribution in [2.45, 2.75) is 18.4 Å². The number of hydrogen-bond donors (Lipinski definition) is 1. The third-order valence-corrected chi connectivity index (χ3v) is 6.08. The van der Waals surface area contributed by atoms with Crippen LogP contribution in [0.25, 0.3) is 5.69 Å². The van der Waals surface area contributed by atoms with E-state index >= 15 is 0 Å². The third kappa shape index (κ3) is 3.61. The lowest BCUT2D eigenvalue weighted by molar-refractivity contribution is -0.384. The molecule has 0 atom stereocenters. The van der Waals surface area contributed by atoms with E-state index in [1.54, 1.807) is 24.3 Å². The number of aromatic nitrogens is 2. The number of amides is 1. The molecule has 0 fully saturated rings. The van der Waals surface area contributed by atoms with E-state index in [-0.39, 0.29) is 23.0 Å². The van der Waals surface area contributed by atoms with Crippen molar-refractivity contribution in [1.29, 1.82) is 0 Å². The largest absolute Gasteiger partial charge is 0.306 e.